The molecule has 0 aromatic carbocycles. The minimum absolute atomic E-state index is 0. The van der Waals surface area contributed by atoms with E-state index >= 15 is 0 Å². The van der Waals surface area contributed by atoms with Gasteiger partial charge in [0.2, 0.25) is 0 Å². The first kappa shape index (κ1) is 17.3. The minimum atomic E-state index is 0. The molecule has 7 heteroatoms. The van der Waals surface area contributed by atoms with Gasteiger partial charge in [-0.05, 0) is 18.9 Å². The van der Waals surface area contributed by atoms with Crippen molar-refractivity contribution in [1.82, 2.24) is 13.7 Å². The summed E-state index contributed by atoms with van der Waals surface area (Å²) < 4.78 is 8.76. The van der Waals surface area contributed by atoms with Gasteiger partial charge in [-0.1, -0.05) is 6.92 Å². The summed E-state index contributed by atoms with van der Waals surface area (Å²) in [4.78, 5) is 9.29. The van der Waals surface area contributed by atoms with Crippen molar-refractivity contribution in [3.05, 3.63) is 51.5 Å². The maximum atomic E-state index is 4.44. The SMILES string of the molecule is Cc1c[c-]c(-c2[c-]cc(Cc3cnc(C)c4nsnc34)s2)s1.[Y]. The van der Waals surface area contributed by atoms with Crippen LogP contribution in [0.4, 0.5) is 0 Å². The first-order valence-corrected chi connectivity index (χ1v) is 9.12. The van der Waals surface area contributed by atoms with Crippen LogP contribution in [0.3, 0.4) is 0 Å². The van der Waals surface area contributed by atoms with E-state index in [1.165, 1.54) is 21.5 Å². The van der Waals surface area contributed by atoms with Crippen LogP contribution in [0.2, 0.25) is 0 Å². The van der Waals surface area contributed by atoms with Crippen LogP contribution in [0, 0.1) is 26.0 Å². The van der Waals surface area contributed by atoms with Crippen molar-refractivity contribution in [3.63, 3.8) is 0 Å². The molecule has 23 heavy (non-hydrogen) atoms. The van der Waals surface area contributed by atoms with Crippen LogP contribution in [0.25, 0.3) is 20.8 Å². The summed E-state index contributed by atoms with van der Waals surface area (Å²) in [6.45, 7) is 4.07. The Labute approximate surface area is 172 Å². The number of hydrogen-bond donors (Lipinski definition) is 0. The molecule has 4 aromatic rings. The molecule has 0 bridgehead atoms. The third kappa shape index (κ3) is 3.47. The van der Waals surface area contributed by atoms with Crippen molar-refractivity contribution >= 4 is 45.4 Å². The van der Waals surface area contributed by atoms with Crippen molar-refractivity contribution < 1.29 is 32.7 Å². The summed E-state index contributed by atoms with van der Waals surface area (Å²) in [5.74, 6) is 0. The van der Waals surface area contributed by atoms with Crippen LogP contribution in [0.1, 0.15) is 21.0 Å². The molecular formula is C16H11N3S3Y-2. The summed E-state index contributed by atoms with van der Waals surface area (Å²) in [5, 5.41) is 0. The summed E-state index contributed by atoms with van der Waals surface area (Å²) >= 11 is 4.77. The van der Waals surface area contributed by atoms with Crippen LogP contribution >= 0.6 is 34.4 Å². The summed E-state index contributed by atoms with van der Waals surface area (Å²) in [7, 11) is 0. The Morgan fingerprint density at radius 1 is 1.00 bits per heavy atom. The molecule has 0 aliphatic carbocycles. The second kappa shape index (κ2) is 7.15. The van der Waals surface area contributed by atoms with E-state index in [1.807, 2.05) is 19.2 Å². The zero-order chi connectivity index (χ0) is 15.1. The van der Waals surface area contributed by atoms with Gasteiger partial charge in [-0.2, -0.15) is 30.6 Å². The van der Waals surface area contributed by atoms with Gasteiger partial charge < -0.3 is 22.7 Å². The molecule has 0 spiro atoms. The quantitative estimate of drug-likeness (QED) is 0.443. The number of nitrogens with zero attached hydrogens (tertiary/aromatic N) is 3. The standard InChI is InChI=1S/C16H11N3S3.Y/c1-9-3-5-13(20-9)14-6-4-12(21-14)7-11-8-17-10(2)15-16(11)19-22-18-15;/h3-4,8H,7H2,1-2H3;/q-2;. The van der Waals surface area contributed by atoms with E-state index in [1.54, 1.807) is 22.7 Å². The average molecular weight is 430 g/mol. The Hall–Kier alpha value is -0.526. The monoisotopic (exact) mass is 430 g/mol. The Balaban J connectivity index is 0.00000156. The second-order valence-corrected chi connectivity index (χ2v) is 7.95. The second-order valence-electron chi connectivity index (χ2n) is 5.02. The van der Waals surface area contributed by atoms with Gasteiger partial charge in [0.05, 0.1) is 17.4 Å². The maximum absolute atomic E-state index is 4.44. The van der Waals surface area contributed by atoms with E-state index in [4.69, 9.17) is 0 Å². The molecule has 0 amide bonds. The van der Waals surface area contributed by atoms with Crippen LogP contribution in [-0.4, -0.2) is 13.7 Å². The van der Waals surface area contributed by atoms with E-state index in [2.05, 4.69) is 38.9 Å². The van der Waals surface area contributed by atoms with Crippen LogP contribution in [-0.2, 0) is 39.1 Å². The number of hydrogen-bond acceptors (Lipinski definition) is 6. The largest absolute Gasteiger partial charge is 0.302 e. The molecule has 0 aliphatic rings. The van der Waals surface area contributed by atoms with Gasteiger partial charge in [0, 0.05) is 38.9 Å². The molecule has 0 fully saturated rings. The Morgan fingerprint density at radius 2 is 1.74 bits per heavy atom. The normalized spacial score (nSPS) is 10.9. The van der Waals surface area contributed by atoms with Crippen molar-refractivity contribution in [2.24, 2.45) is 0 Å². The molecule has 4 aromatic heterocycles. The van der Waals surface area contributed by atoms with Crippen molar-refractivity contribution in [2.75, 3.05) is 0 Å². The smallest absolute Gasteiger partial charge is 0.126 e. The summed E-state index contributed by atoms with van der Waals surface area (Å²) in [5.41, 5.74) is 3.97. The van der Waals surface area contributed by atoms with E-state index in [0.717, 1.165) is 38.5 Å². The first-order valence-electron chi connectivity index (χ1n) is 6.76. The predicted molar refractivity (Wildman–Crippen MR) is 92.8 cm³/mol. The fraction of sp³-hybridized carbons (Fsp3) is 0.188. The Bertz CT molecular complexity index is 954. The number of rotatable bonds is 3. The van der Waals surface area contributed by atoms with E-state index in [0.29, 0.717) is 0 Å². The minimum Gasteiger partial charge on any atom is -0.302 e. The zero-order valence-corrected chi connectivity index (χ0v) is 17.9. The van der Waals surface area contributed by atoms with E-state index in [-0.39, 0.29) is 32.7 Å². The molecular weight excluding hydrogens is 419 g/mol. The molecule has 0 atom stereocenters. The van der Waals surface area contributed by atoms with Gasteiger partial charge in [0.15, 0.2) is 0 Å². The third-order valence-electron chi connectivity index (χ3n) is 3.39. The molecule has 1 radical (unpaired) electrons. The summed E-state index contributed by atoms with van der Waals surface area (Å²) in [6, 6.07) is 10.7. The van der Waals surface area contributed by atoms with Gasteiger partial charge in [-0.3, -0.25) is 4.98 Å². The number of thiophene rings is 2. The molecule has 4 rings (SSSR count). The number of aryl methyl sites for hydroxylation is 2. The van der Waals surface area contributed by atoms with Crippen molar-refractivity contribution in [1.29, 1.82) is 0 Å². The van der Waals surface area contributed by atoms with Crippen molar-refractivity contribution in [3.8, 4) is 9.75 Å². The Kier molecular flexibility index (Phi) is 5.38. The molecule has 0 saturated heterocycles. The fourth-order valence-corrected chi connectivity index (χ4v) is 4.75. The van der Waals surface area contributed by atoms with E-state index in [9.17, 15) is 0 Å². The topological polar surface area (TPSA) is 38.7 Å². The first-order chi connectivity index (χ1) is 10.7. The van der Waals surface area contributed by atoms with Crippen LogP contribution < -0.4 is 0 Å². The summed E-state index contributed by atoms with van der Waals surface area (Å²) in [6.07, 6.45) is 2.74. The third-order valence-corrected chi connectivity index (χ3v) is 6.06. The molecule has 0 unspecified atom stereocenters. The predicted octanol–water partition coefficient (Wildman–Crippen LogP) is 4.68. The number of aromatic nitrogens is 3. The van der Waals surface area contributed by atoms with Gasteiger partial charge >= 0.3 is 0 Å². The van der Waals surface area contributed by atoms with Crippen LogP contribution in [0.5, 0.6) is 0 Å². The molecule has 0 N–H and O–H groups in total. The molecule has 0 saturated carbocycles. The Morgan fingerprint density at radius 3 is 2.52 bits per heavy atom. The van der Waals surface area contributed by atoms with Crippen molar-refractivity contribution in [2.45, 2.75) is 20.3 Å². The van der Waals surface area contributed by atoms with E-state index < -0.39 is 0 Å². The molecule has 3 nitrogen and oxygen atoms in total. The molecule has 4 heterocycles. The zero-order valence-electron chi connectivity index (χ0n) is 12.6. The molecule has 113 valence electrons. The molecule has 0 aliphatic heterocycles. The van der Waals surface area contributed by atoms with Crippen LogP contribution in [0.15, 0.2) is 18.3 Å². The average Bonchev–Trinajstić information content (AvgIpc) is 3.22. The van der Waals surface area contributed by atoms with Gasteiger partial charge in [0.1, 0.15) is 11.0 Å². The van der Waals surface area contributed by atoms with Gasteiger partial charge in [-0.25, -0.2) is 12.1 Å². The maximum Gasteiger partial charge on any atom is 0.126 e. The fourth-order valence-electron chi connectivity index (χ4n) is 2.28. The van der Waals surface area contributed by atoms with Gasteiger partial charge in [-0.15, -0.1) is 9.75 Å². The van der Waals surface area contributed by atoms with Gasteiger partial charge in [0.25, 0.3) is 0 Å². The number of pyridine rings is 1. The number of fused-ring (bicyclic) bond motifs is 1.